The van der Waals surface area contributed by atoms with Crippen LogP contribution in [0.15, 0.2) is 47.1 Å². The zero-order chi connectivity index (χ0) is 15.5. The molecule has 0 fully saturated rings. The number of pyridine rings is 1. The molecule has 0 N–H and O–H groups in total. The quantitative estimate of drug-likeness (QED) is 0.538. The molecule has 2 heterocycles. The van der Waals surface area contributed by atoms with Crippen molar-refractivity contribution in [2.45, 2.75) is 6.92 Å². The van der Waals surface area contributed by atoms with Gasteiger partial charge in [-0.1, -0.05) is 5.16 Å². The Morgan fingerprint density at radius 3 is 2.50 bits per heavy atom. The largest absolute Gasteiger partial charge is 0.439 e. The van der Waals surface area contributed by atoms with Crippen molar-refractivity contribution >= 4 is 5.69 Å². The second-order valence-corrected chi connectivity index (χ2v) is 4.38. The maximum atomic E-state index is 10.5. The molecular weight excluding hydrogens is 288 g/mol. The Hall–Kier alpha value is -3.29. The van der Waals surface area contributed by atoms with Gasteiger partial charge in [-0.25, -0.2) is 4.98 Å². The van der Waals surface area contributed by atoms with Crippen LogP contribution in [-0.4, -0.2) is 20.0 Å². The summed E-state index contributed by atoms with van der Waals surface area (Å²) in [5.41, 5.74) is 0.705. The van der Waals surface area contributed by atoms with Gasteiger partial charge in [0.2, 0.25) is 17.6 Å². The molecule has 0 unspecified atom stereocenters. The van der Waals surface area contributed by atoms with Gasteiger partial charge in [-0.05, 0) is 24.3 Å². The minimum Gasteiger partial charge on any atom is -0.439 e. The van der Waals surface area contributed by atoms with Gasteiger partial charge in [-0.3, -0.25) is 10.1 Å². The summed E-state index contributed by atoms with van der Waals surface area (Å²) in [5, 5.41) is 14.4. The lowest BCUT2D eigenvalue weighted by atomic mass is 10.2. The lowest BCUT2D eigenvalue weighted by Gasteiger charge is -2.04. The summed E-state index contributed by atoms with van der Waals surface area (Å²) >= 11 is 0. The molecule has 3 aromatic rings. The molecule has 0 bridgehead atoms. The molecule has 0 amide bonds. The Bertz CT molecular complexity index is 796. The molecule has 8 heteroatoms. The van der Waals surface area contributed by atoms with Crippen LogP contribution in [0.4, 0.5) is 5.69 Å². The average Bonchev–Trinajstić information content (AvgIpc) is 2.95. The summed E-state index contributed by atoms with van der Waals surface area (Å²) < 4.78 is 10.4. The monoisotopic (exact) mass is 298 g/mol. The first-order chi connectivity index (χ1) is 10.6. The van der Waals surface area contributed by atoms with Gasteiger partial charge in [0, 0.05) is 24.6 Å². The third-order valence-electron chi connectivity index (χ3n) is 2.79. The lowest BCUT2D eigenvalue weighted by Crippen LogP contribution is -1.91. The number of ether oxygens (including phenoxy) is 1. The van der Waals surface area contributed by atoms with E-state index in [0.29, 0.717) is 17.5 Å². The fourth-order valence-corrected chi connectivity index (χ4v) is 1.75. The molecule has 22 heavy (non-hydrogen) atoms. The SMILES string of the molecule is Cc1nc(-c2ccc(Oc3ccc([N+](=O)[O-])cn3)cc2)no1. The molecular formula is C14H10N4O4. The summed E-state index contributed by atoms with van der Waals surface area (Å²) in [6, 6.07) is 9.79. The van der Waals surface area contributed by atoms with Gasteiger partial charge >= 0.3 is 0 Å². The summed E-state index contributed by atoms with van der Waals surface area (Å²) in [4.78, 5) is 18.0. The van der Waals surface area contributed by atoms with Crippen LogP contribution in [0.25, 0.3) is 11.4 Å². The van der Waals surface area contributed by atoms with E-state index in [0.717, 1.165) is 11.8 Å². The van der Waals surface area contributed by atoms with E-state index in [1.54, 1.807) is 31.2 Å². The highest BCUT2D eigenvalue weighted by Crippen LogP contribution is 2.24. The number of aromatic nitrogens is 3. The number of rotatable bonds is 4. The predicted octanol–water partition coefficient (Wildman–Crippen LogP) is 3.14. The first-order valence-corrected chi connectivity index (χ1v) is 6.31. The molecule has 0 aliphatic carbocycles. The van der Waals surface area contributed by atoms with Crippen molar-refractivity contribution < 1.29 is 14.2 Å². The number of nitro groups is 1. The van der Waals surface area contributed by atoms with Gasteiger partial charge in [0.15, 0.2) is 0 Å². The minimum absolute atomic E-state index is 0.0878. The Morgan fingerprint density at radius 2 is 1.95 bits per heavy atom. The smallest absolute Gasteiger partial charge is 0.287 e. The molecule has 1 aromatic carbocycles. The molecule has 0 aliphatic heterocycles. The molecule has 0 saturated heterocycles. The molecule has 0 saturated carbocycles. The number of hydrogen-bond donors (Lipinski definition) is 0. The van der Waals surface area contributed by atoms with Gasteiger partial charge in [-0.2, -0.15) is 4.98 Å². The van der Waals surface area contributed by atoms with Crippen molar-refractivity contribution in [3.63, 3.8) is 0 Å². The van der Waals surface area contributed by atoms with Crippen molar-refractivity contribution in [1.29, 1.82) is 0 Å². The van der Waals surface area contributed by atoms with Crippen LogP contribution in [0.1, 0.15) is 5.89 Å². The first kappa shape index (κ1) is 13.7. The molecule has 2 aromatic heterocycles. The average molecular weight is 298 g/mol. The third-order valence-corrected chi connectivity index (χ3v) is 2.79. The normalized spacial score (nSPS) is 10.4. The van der Waals surface area contributed by atoms with E-state index in [-0.39, 0.29) is 11.6 Å². The summed E-state index contributed by atoms with van der Waals surface area (Å²) in [7, 11) is 0. The second kappa shape index (κ2) is 5.60. The van der Waals surface area contributed by atoms with Crippen LogP contribution in [0.5, 0.6) is 11.6 Å². The summed E-state index contributed by atoms with van der Waals surface area (Å²) in [6.45, 7) is 1.72. The van der Waals surface area contributed by atoms with E-state index in [1.165, 1.54) is 12.1 Å². The van der Waals surface area contributed by atoms with Crippen LogP contribution in [0, 0.1) is 17.0 Å². The van der Waals surface area contributed by atoms with Gasteiger partial charge in [0.1, 0.15) is 11.9 Å². The Kier molecular flexibility index (Phi) is 3.48. The number of hydrogen-bond acceptors (Lipinski definition) is 7. The zero-order valence-electron chi connectivity index (χ0n) is 11.5. The highest BCUT2D eigenvalue weighted by atomic mass is 16.6. The standard InChI is InChI=1S/C14H10N4O4/c1-9-16-14(17-22-9)10-2-5-12(6-3-10)21-13-7-4-11(8-15-13)18(19)20/h2-8H,1H3. The van der Waals surface area contributed by atoms with Crippen molar-refractivity contribution in [2.24, 2.45) is 0 Å². The predicted molar refractivity (Wildman–Crippen MR) is 75.4 cm³/mol. The highest BCUT2D eigenvalue weighted by Gasteiger charge is 2.08. The van der Waals surface area contributed by atoms with Crippen molar-refractivity contribution in [3.05, 3.63) is 58.6 Å². The fourth-order valence-electron chi connectivity index (χ4n) is 1.75. The molecule has 110 valence electrons. The van der Waals surface area contributed by atoms with Crippen LogP contribution in [0.3, 0.4) is 0 Å². The van der Waals surface area contributed by atoms with E-state index < -0.39 is 4.92 Å². The fraction of sp³-hybridized carbons (Fsp3) is 0.0714. The second-order valence-electron chi connectivity index (χ2n) is 4.38. The number of nitrogens with zero attached hydrogens (tertiary/aromatic N) is 4. The first-order valence-electron chi connectivity index (χ1n) is 6.31. The minimum atomic E-state index is -0.515. The topological polar surface area (TPSA) is 104 Å². The molecule has 0 atom stereocenters. The van der Waals surface area contributed by atoms with Gasteiger partial charge in [0.25, 0.3) is 5.69 Å². The highest BCUT2D eigenvalue weighted by molar-refractivity contribution is 5.55. The molecule has 0 aliphatic rings. The van der Waals surface area contributed by atoms with Crippen LogP contribution >= 0.6 is 0 Å². The molecule has 0 radical (unpaired) electrons. The lowest BCUT2D eigenvalue weighted by molar-refractivity contribution is -0.385. The van der Waals surface area contributed by atoms with Gasteiger partial charge in [0.05, 0.1) is 4.92 Å². The third kappa shape index (κ3) is 2.90. The molecule has 3 rings (SSSR count). The number of aryl methyl sites for hydroxylation is 1. The number of benzene rings is 1. The van der Waals surface area contributed by atoms with E-state index in [2.05, 4.69) is 15.1 Å². The summed E-state index contributed by atoms with van der Waals surface area (Å²) in [5.74, 6) is 1.81. The molecule has 0 spiro atoms. The van der Waals surface area contributed by atoms with Gasteiger partial charge < -0.3 is 9.26 Å². The summed E-state index contributed by atoms with van der Waals surface area (Å²) in [6.07, 6.45) is 1.14. The van der Waals surface area contributed by atoms with Crippen molar-refractivity contribution in [3.8, 4) is 23.0 Å². The zero-order valence-corrected chi connectivity index (χ0v) is 11.5. The molecule has 8 nitrogen and oxygen atoms in total. The van der Waals surface area contributed by atoms with Crippen LogP contribution in [0.2, 0.25) is 0 Å². The maximum Gasteiger partial charge on any atom is 0.287 e. The van der Waals surface area contributed by atoms with E-state index in [1.807, 2.05) is 0 Å². The Labute approximate surface area is 124 Å². The van der Waals surface area contributed by atoms with Crippen LogP contribution < -0.4 is 4.74 Å². The van der Waals surface area contributed by atoms with Crippen LogP contribution in [-0.2, 0) is 0 Å². The Balaban J connectivity index is 1.74. The van der Waals surface area contributed by atoms with E-state index >= 15 is 0 Å². The maximum absolute atomic E-state index is 10.5. The Morgan fingerprint density at radius 1 is 1.18 bits per heavy atom. The van der Waals surface area contributed by atoms with Crippen molar-refractivity contribution in [1.82, 2.24) is 15.1 Å². The van der Waals surface area contributed by atoms with Crippen molar-refractivity contribution in [2.75, 3.05) is 0 Å². The van der Waals surface area contributed by atoms with E-state index in [9.17, 15) is 10.1 Å². The van der Waals surface area contributed by atoms with E-state index in [4.69, 9.17) is 9.26 Å². The van der Waals surface area contributed by atoms with Gasteiger partial charge in [-0.15, -0.1) is 0 Å².